The third-order valence-corrected chi connectivity index (χ3v) is 8.75. The molecule has 0 aromatic heterocycles. The van der Waals surface area contributed by atoms with Crippen LogP contribution in [-0.2, 0) is 26.0 Å². The van der Waals surface area contributed by atoms with E-state index in [2.05, 4.69) is 10.6 Å². The number of carbonyl (C=O) groups is 3. The normalized spacial score (nSPS) is 24.8. The first-order valence-corrected chi connectivity index (χ1v) is 13.3. The molecule has 1 aromatic rings. The lowest BCUT2D eigenvalue weighted by atomic mass is 9.90. The van der Waals surface area contributed by atoms with Crippen molar-refractivity contribution < 1.29 is 22.8 Å². The Morgan fingerprint density at radius 3 is 2.30 bits per heavy atom. The fraction of sp³-hybridized carbons (Fsp3) is 0.609. The summed E-state index contributed by atoms with van der Waals surface area (Å²) in [7, 11) is -3.48. The molecule has 3 aliphatic rings. The lowest BCUT2D eigenvalue weighted by Gasteiger charge is -2.34. The first-order valence-electron chi connectivity index (χ1n) is 11.8. The Kier molecular flexibility index (Phi) is 7.33. The number of aryl methyl sites for hydroxylation is 1. The number of hydrogen-bond acceptors (Lipinski definition) is 5. The lowest BCUT2D eigenvalue weighted by Crippen LogP contribution is -2.48. The summed E-state index contributed by atoms with van der Waals surface area (Å²) < 4.78 is 27.4. The Morgan fingerprint density at radius 2 is 1.67 bits per heavy atom. The third kappa shape index (κ3) is 5.55. The fourth-order valence-corrected chi connectivity index (χ4v) is 6.46. The van der Waals surface area contributed by atoms with Crippen LogP contribution in [0.25, 0.3) is 0 Å². The Labute approximate surface area is 194 Å². The van der Waals surface area contributed by atoms with Gasteiger partial charge in [-0.25, -0.2) is 13.2 Å². The number of nitrogens with one attached hydrogen (secondary N) is 2. The maximum atomic E-state index is 12.9. The first-order chi connectivity index (χ1) is 15.8. The number of urea groups is 1. The molecule has 0 saturated carbocycles. The molecule has 4 rings (SSSR count). The first kappa shape index (κ1) is 23.7. The predicted molar refractivity (Wildman–Crippen MR) is 122 cm³/mol. The Morgan fingerprint density at radius 1 is 0.970 bits per heavy atom. The van der Waals surface area contributed by atoms with Gasteiger partial charge in [0.25, 0.3) is 5.91 Å². The lowest BCUT2D eigenvalue weighted by molar-refractivity contribution is -0.134. The SMILES string of the molecule is O=C1NC(=O)[C@H]([C@@H]2CCCN(C(=O)CCc3ccc(S(=O)(=O)N4CCCCCC4)cc3)C2)N1. The number of carbonyl (C=O) groups excluding carboxylic acids is 3. The monoisotopic (exact) mass is 476 g/mol. The molecule has 0 unspecified atom stereocenters. The molecule has 2 N–H and O–H groups in total. The van der Waals surface area contributed by atoms with Gasteiger partial charge in [0, 0.05) is 38.5 Å². The van der Waals surface area contributed by atoms with Gasteiger partial charge in [0.05, 0.1) is 4.90 Å². The van der Waals surface area contributed by atoms with Gasteiger partial charge >= 0.3 is 6.03 Å². The highest BCUT2D eigenvalue weighted by molar-refractivity contribution is 7.89. The van der Waals surface area contributed by atoms with E-state index in [-0.39, 0.29) is 17.7 Å². The average Bonchev–Trinajstić information content (AvgIpc) is 3.00. The van der Waals surface area contributed by atoms with E-state index in [9.17, 15) is 22.8 Å². The minimum absolute atomic E-state index is 0.00527. The van der Waals surface area contributed by atoms with Gasteiger partial charge in [-0.15, -0.1) is 0 Å². The van der Waals surface area contributed by atoms with Crippen molar-refractivity contribution in [2.24, 2.45) is 5.92 Å². The van der Waals surface area contributed by atoms with Gasteiger partial charge in [-0.05, 0) is 49.8 Å². The zero-order valence-electron chi connectivity index (χ0n) is 18.8. The number of rotatable bonds is 6. The van der Waals surface area contributed by atoms with Crippen LogP contribution in [0.2, 0.25) is 0 Å². The summed E-state index contributed by atoms with van der Waals surface area (Å²) in [4.78, 5) is 38.2. The number of hydrogen-bond donors (Lipinski definition) is 2. The maximum absolute atomic E-state index is 12.9. The van der Waals surface area contributed by atoms with Gasteiger partial charge in [0.1, 0.15) is 6.04 Å². The molecule has 33 heavy (non-hydrogen) atoms. The summed E-state index contributed by atoms with van der Waals surface area (Å²) in [5, 5.41) is 4.90. The van der Waals surface area contributed by atoms with E-state index < -0.39 is 22.1 Å². The second-order valence-corrected chi connectivity index (χ2v) is 11.1. The van der Waals surface area contributed by atoms with Crippen molar-refractivity contribution in [2.45, 2.75) is 62.3 Å². The second kappa shape index (κ2) is 10.2. The third-order valence-electron chi connectivity index (χ3n) is 6.84. The van der Waals surface area contributed by atoms with Crippen molar-refractivity contribution in [3.63, 3.8) is 0 Å². The molecule has 0 spiro atoms. The number of amides is 4. The summed E-state index contributed by atoms with van der Waals surface area (Å²) >= 11 is 0. The summed E-state index contributed by atoms with van der Waals surface area (Å²) in [6.45, 7) is 2.23. The highest BCUT2D eigenvalue weighted by atomic mass is 32.2. The van der Waals surface area contributed by atoms with E-state index >= 15 is 0 Å². The van der Waals surface area contributed by atoms with Crippen LogP contribution >= 0.6 is 0 Å². The van der Waals surface area contributed by atoms with E-state index in [1.165, 1.54) is 0 Å². The van der Waals surface area contributed by atoms with Crippen molar-refractivity contribution in [1.82, 2.24) is 19.8 Å². The van der Waals surface area contributed by atoms with Gasteiger partial charge < -0.3 is 10.2 Å². The van der Waals surface area contributed by atoms with E-state index in [4.69, 9.17) is 0 Å². The molecule has 0 aliphatic carbocycles. The van der Waals surface area contributed by atoms with Gasteiger partial charge in [0.15, 0.2) is 0 Å². The number of benzene rings is 1. The molecular weight excluding hydrogens is 444 g/mol. The smallest absolute Gasteiger partial charge is 0.322 e. The van der Waals surface area contributed by atoms with Crippen molar-refractivity contribution >= 4 is 27.9 Å². The van der Waals surface area contributed by atoms with Crippen LogP contribution in [0.3, 0.4) is 0 Å². The van der Waals surface area contributed by atoms with Crippen LogP contribution in [0, 0.1) is 5.92 Å². The Bertz CT molecular complexity index is 987. The van der Waals surface area contributed by atoms with Crippen LogP contribution in [0.4, 0.5) is 4.79 Å². The average molecular weight is 477 g/mol. The van der Waals surface area contributed by atoms with Crippen molar-refractivity contribution in [3.8, 4) is 0 Å². The molecule has 1 aromatic carbocycles. The van der Waals surface area contributed by atoms with Crippen LogP contribution in [0.15, 0.2) is 29.2 Å². The Balaban J connectivity index is 1.31. The van der Waals surface area contributed by atoms with E-state index in [0.717, 1.165) is 44.1 Å². The number of likely N-dealkylation sites (tertiary alicyclic amines) is 1. The molecule has 0 radical (unpaired) electrons. The van der Waals surface area contributed by atoms with E-state index in [1.54, 1.807) is 33.5 Å². The van der Waals surface area contributed by atoms with Crippen LogP contribution < -0.4 is 10.6 Å². The van der Waals surface area contributed by atoms with Crippen LogP contribution in [0.1, 0.15) is 50.5 Å². The topological polar surface area (TPSA) is 116 Å². The van der Waals surface area contributed by atoms with Crippen molar-refractivity contribution in [1.29, 1.82) is 0 Å². The van der Waals surface area contributed by atoms with E-state index in [0.29, 0.717) is 43.9 Å². The highest BCUT2D eigenvalue weighted by Gasteiger charge is 2.38. The zero-order valence-corrected chi connectivity index (χ0v) is 19.6. The molecule has 0 bridgehead atoms. The minimum Gasteiger partial charge on any atom is -0.342 e. The summed E-state index contributed by atoms with van der Waals surface area (Å²) in [6, 6.07) is 5.79. The van der Waals surface area contributed by atoms with Crippen molar-refractivity contribution in [3.05, 3.63) is 29.8 Å². The molecule has 10 heteroatoms. The molecule has 3 heterocycles. The van der Waals surface area contributed by atoms with Gasteiger partial charge in [-0.3, -0.25) is 14.9 Å². The van der Waals surface area contributed by atoms with Gasteiger partial charge in [-0.2, -0.15) is 4.31 Å². The number of piperidine rings is 1. The van der Waals surface area contributed by atoms with Crippen LogP contribution in [-0.4, -0.2) is 67.7 Å². The van der Waals surface area contributed by atoms with Gasteiger partial charge in [-0.1, -0.05) is 25.0 Å². The summed E-state index contributed by atoms with van der Waals surface area (Å²) in [6.07, 6.45) is 6.34. The highest BCUT2D eigenvalue weighted by Crippen LogP contribution is 2.24. The maximum Gasteiger partial charge on any atom is 0.322 e. The van der Waals surface area contributed by atoms with Gasteiger partial charge in [0.2, 0.25) is 15.9 Å². The number of nitrogens with zero attached hydrogens (tertiary/aromatic N) is 2. The fourth-order valence-electron chi connectivity index (χ4n) is 4.94. The molecule has 3 aliphatic heterocycles. The molecule has 2 atom stereocenters. The van der Waals surface area contributed by atoms with Crippen molar-refractivity contribution in [2.75, 3.05) is 26.2 Å². The largest absolute Gasteiger partial charge is 0.342 e. The standard InChI is InChI=1S/C23H32N4O5S/c28-20(26-13-5-6-18(16-26)21-22(29)25-23(30)24-21)12-9-17-7-10-19(11-8-17)33(31,32)27-14-3-1-2-4-15-27/h7-8,10-11,18,21H,1-6,9,12-16H2,(H2,24,25,29,30)/t18-,21+/m1/s1. The number of sulfonamides is 1. The Hall–Kier alpha value is -2.46. The molecule has 9 nitrogen and oxygen atoms in total. The zero-order chi connectivity index (χ0) is 23.4. The molecule has 3 fully saturated rings. The second-order valence-electron chi connectivity index (χ2n) is 9.14. The molecule has 3 saturated heterocycles. The summed E-state index contributed by atoms with van der Waals surface area (Å²) in [5.74, 6) is -0.405. The molecule has 180 valence electrons. The minimum atomic E-state index is -3.48. The number of imide groups is 1. The quantitative estimate of drug-likeness (QED) is 0.606. The predicted octanol–water partition coefficient (Wildman–Crippen LogP) is 1.63. The molecular formula is C23H32N4O5S. The summed E-state index contributed by atoms with van der Waals surface area (Å²) in [5.41, 5.74) is 0.911. The van der Waals surface area contributed by atoms with E-state index in [1.807, 2.05) is 0 Å². The molecule has 4 amide bonds. The van der Waals surface area contributed by atoms with Crippen LogP contribution in [0.5, 0.6) is 0 Å².